The van der Waals surface area contributed by atoms with Gasteiger partial charge in [0, 0.05) is 18.6 Å². The van der Waals surface area contributed by atoms with E-state index in [0.717, 1.165) is 0 Å². The van der Waals surface area contributed by atoms with E-state index in [-0.39, 0.29) is 11.3 Å². The van der Waals surface area contributed by atoms with Crippen molar-refractivity contribution in [2.75, 3.05) is 12.4 Å². The number of alkyl halides is 1. The summed E-state index contributed by atoms with van der Waals surface area (Å²) < 4.78 is 0. The highest BCUT2D eigenvalue weighted by molar-refractivity contribution is 6.30. The maximum atomic E-state index is 11.7. The van der Waals surface area contributed by atoms with E-state index in [1.165, 1.54) is 6.20 Å². The van der Waals surface area contributed by atoms with E-state index in [0.29, 0.717) is 23.1 Å². The molecule has 0 spiro atoms. The predicted molar refractivity (Wildman–Crippen MR) is 66.1 cm³/mol. The molecule has 5 heteroatoms. The Hall–Kier alpha value is -0.800. The van der Waals surface area contributed by atoms with Gasteiger partial charge in [-0.05, 0) is 17.5 Å². The van der Waals surface area contributed by atoms with Crippen molar-refractivity contribution < 1.29 is 4.79 Å². The predicted octanol–water partition coefficient (Wildman–Crippen LogP) is 2.73. The lowest BCUT2D eigenvalue weighted by atomic mass is 9.96. The molecule has 1 amide bonds. The number of nitrogens with zero attached hydrogens (tertiary/aromatic N) is 1. The Morgan fingerprint density at radius 2 is 2.19 bits per heavy atom. The number of hydrogen-bond acceptors (Lipinski definition) is 2. The molecule has 1 aromatic rings. The Morgan fingerprint density at radius 1 is 1.50 bits per heavy atom. The molecular weight excluding hydrogens is 247 g/mol. The minimum atomic E-state index is -0.213. The largest absolute Gasteiger partial charge is 0.350 e. The Bertz CT molecular complexity index is 363. The maximum absolute atomic E-state index is 11.7. The molecule has 0 bridgehead atoms. The molecule has 3 nitrogen and oxygen atoms in total. The lowest BCUT2D eigenvalue weighted by Gasteiger charge is -2.21. The molecule has 0 aliphatic carbocycles. The van der Waals surface area contributed by atoms with Gasteiger partial charge in [0.25, 0.3) is 5.91 Å². The Balaban J connectivity index is 2.56. The van der Waals surface area contributed by atoms with Gasteiger partial charge in [-0.3, -0.25) is 4.79 Å². The summed E-state index contributed by atoms with van der Waals surface area (Å²) in [6.07, 6.45) is 1.45. The van der Waals surface area contributed by atoms with Crippen LogP contribution in [0.5, 0.6) is 0 Å². The molecule has 1 N–H and O–H groups in total. The molecule has 0 fully saturated rings. The first-order valence-corrected chi connectivity index (χ1v) is 5.81. The standard InChI is InChI=1S/C11H14Cl2N2O/c1-11(2,6-12)7-15-10(16)9-4-3-8(13)5-14-9/h3-5H,6-7H2,1-2H3,(H,15,16). The smallest absolute Gasteiger partial charge is 0.269 e. The minimum absolute atomic E-state index is 0.121. The fourth-order valence-corrected chi connectivity index (χ4v) is 1.17. The second kappa shape index (κ2) is 5.51. The van der Waals surface area contributed by atoms with Crippen LogP contribution in [0.2, 0.25) is 5.02 Å². The van der Waals surface area contributed by atoms with E-state index in [4.69, 9.17) is 23.2 Å². The third-order valence-electron chi connectivity index (χ3n) is 2.05. The van der Waals surface area contributed by atoms with Crippen molar-refractivity contribution >= 4 is 29.1 Å². The van der Waals surface area contributed by atoms with Gasteiger partial charge in [-0.2, -0.15) is 0 Å². The van der Waals surface area contributed by atoms with Crippen LogP contribution in [0.3, 0.4) is 0 Å². The maximum Gasteiger partial charge on any atom is 0.269 e. The zero-order chi connectivity index (χ0) is 12.2. The molecule has 1 heterocycles. The Morgan fingerprint density at radius 3 is 2.69 bits per heavy atom. The van der Waals surface area contributed by atoms with Gasteiger partial charge in [-0.1, -0.05) is 25.4 Å². The molecule has 0 unspecified atom stereocenters. The van der Waals surface area contributed by atoms with Gasteiger partial charge in [0.2, 0.25) is 0 Å². The van der Waals surface area contributed by atoms with Crippen molar-refractivity contribution in [3.05, 3.63) is 29.0 Å². The van der Waals surface area contributed by atoms with Crippen molar-refractivity contribution in [2.24, 2.45) is 5.41 Å². The molecule has 88 valence electrons. The van der Waals surface area contributed by atoms with Crippen LogP contribution in [0.25, 0.3) is 0 Å². The molecule has 0 saturated heterocycles. The average molecular weight is 261 g/mol. The molecule has 16 heavy (non-hydrogen) atoms. The van der Waals surface area contributed by atoms with Crippen LogP contribution in [0.1, 0.15) is 24.3 Å². The zero-order valence-electron chi connectivity index (χ0n) is 9.26. The van der Waals surface area contributed by atoms with Gasteiger partial charge in [-0.25, -0.2) is 4.98 Å². The van der Waals surface area contributed by atoms with E-state index in [1.807, 2.05) is 13.8 Å². The van der Waals surface area contributed by atoms with Gasteiger partial charge in [-0.15, -0.1) is 11.6 Å². The summed E-state index contributed by atoms with van der Waals surface area (Å²) >= 11 is 11.4. The molecule has 0 aliphatic heterocycles. The summed E-state index contributed by atoms with van der Waals surface area (Å²) in [6, 6.07) is 3.22. The number of rotatable bonds is 4. The third-order valence-corrected chi connectivity index (χ3v) is 3.00. The number of pyridine rings is 1. The fourth-order valence-electron chi connectivity index (χ4n) is 0.967. The fraction of sp³-hybridized carbons (Fsp3) is 0.455. The monoisotopic (exact) mass is 260 g/mol. The van der Waals surface area contributed by atoms with E-state index in [1.54, 1.807) is 12.1 Å². The Labute approximate surface area is 105 Å². The number of carbonyl (C=O) groups excluding carboxylic acids is 1. The van der Waals surface area contributed by atoms with Crippen LogP contribution in [0.4, 0.5) is 0 Å². The van der Waals surface area contributed by atoms with Crippen LogP contribution in [0, 0.1) is 5.41 Å². The number of nitrogens with one attached hydrogen (secondary N) is 1. The highest BCUT2D eigenvalue weighted by Crippen LogP contribution is 2.15. The molecule has 1 rings (SSSR count). The van der Waals surface area contributed by atoms with E-state index >= 15 is 0 Å². The average Bonchev–Trinajstić information content (AvgIpc) is 2.27. The first kappa shape index (κ1) is 13.3. The van der Waals surface area contributed by atoms with Crippen LogP contribution in [-0.4, -0.2) is 23.3 Å². The molecule has 0 atom stereocenters. The van der Waals surface area contributed by atoms with Crippen molar-refractivity contribution in [1.82, 2.24) is 10.3 Å². The lowest BCUT2D eigenvalue weighted by Crippen LogP contribution is -2.35. The van der Waals surface area contributed by atoms with Crippen LogP contribution < -0.4 is 5.32 Å². The van der Waals surface area contributed by atoms with Crippen LogP contribution >= 0.6 is 23.2 Å². The van der Waals surface area contributed by atoms with Gasteiger partial charge in [0.1, 0.15) is 5.69 Å². The highest BCUT2D eigenvalue weighted by Gasteiger charge is 2.18. The molecule has 1 aromatic heterocycles. The second-order valence-electron chi connectivity index (χ2n) is 4.34. The topological polar surface area (TPSA) is 42.0 Å². The Kier molecular flexibility index (Phi) is 4.56. The number of halogens is 2. The summed E-state index contributed by atoms with van der Waals surface area (Å²) in [6.45, 7) is 4.48. The summed E-state index contributed by atoms with van der Waals surface area (Å²) in [4.78, 5) is 15.6. The van der Waals surface area contributed by atoms with Gasteiger partial charge in [0.05, 0.1) is 5.02 Å². The van der Waals surface area contributed by atoms with Gasteiger partial charge < -0.3 is 5.32 Å². The first-order valence-electron chi connectivity index (χ1n) is 4.90. The minimum Gasteiger partial charge on any atom is -0.350 e. The number of hydrogen-bond donors (Lipinski definition) is 1. The molecular formula is C11H14Cl2N2O. The number of carbonyl (C=O) groups is 1. The summed E-state index contributed by atoms with van der Waals surface area (Å²) in [5.74, 6) is 0.274. The van der Waals surface area contributed by atoms with Crippen molar-refractivity contribution in [3.8, 4) is 0 Å². The lowest BCUT2D eigenvalue weighted by molar-refractivity contribution is 0.0935. The van der Waals surface area contributed by atoms with Gasteiger partial charge >= 0.3 is 0 Å². The molecule has 0 aliphatic rings. The highest BCUT2D eigenvalue weighted by atomic mass is 35.5. The van der Waals surface area contributed by atoms with Crippen LogP contribution in [-0.2, 0) is 0 Å². The SMILES string of the molecule is CC(C)(CCl)CNC(=O)c1ccc(Cl)cn1. The molecule has 0 radical (unpaired) electrons. The van der Waals surface area contributed by atoms with E-state index in [2.05, 4.69) is 10.3 Å². The van der Waals surface area contributed by atoms with Crippen molar-refractivity contribution in [2.45, 2.75) is 13.8 Å². The normalized spacial score (nSPS) is 11.2. The number of amides is 1. The van der Waals surface area contributed by atoms with E-state index in [9.17, 15) is 4.79 Å². The molecule has 0 saturated carbocycles. The number of aromatic nitrogens is 1. The van der Waals surface area contributed by atoms with Crippen LogP contribution in [0.15, 0.2) is 18.3 Å². The van der Waals surface area contributed by atoms with E-state index < -0.39 is 0 Å². The van der Waals surface area contributed by atoms with Crippen molar-refractivity contribution in [3.63, 3.8) is 0 Å². The molecule has 0 aromatic carbocycles. The quantitative estimate of drug-likeness (QED) is 0.847. The third kappa shape index (κ3) is 3.99. The zero-order valence-corrected chi connectivity index (χ0v) is 10.8. The second-order valence-corrected chi connectivity index (χ2v) is 5.05. The summed E-state index contributed by atoms with van der Waals surface area (Å²) in [5, 5.41) is 3.29. The first-order chi connectivity index (χ1) is 7.44. The van der Waals surface area contributed by atoms with Gasteiger partial charge in [0.15, 0.2) is 0 Å². The summed E-state index contributed by atoms with van der Waals surface area (Å²) in [7, 11) is 0. The van der Waals surface area contributed by atoms with Crippen molar-refractivity contribution in [1.29, 1.82) is 0 Å². The summed E-state index contributed by atoms with van der Waals surface area (Å²) in [5.41, 5.74) is 0.235.